The summed E-state index contributed by atoms with van der Waals surface area (Å²) < 4.78 is 33.4. The average molecular weight is 330 g/mol. The van der Waals surface area contributed by atoms with Gasteiger partial charge >= 0.3 is 0 Å². The number of nitrogens with zero attached hydrogens (tertiary/aromatic N) is 2. The van der Waals surface area contributed by atoms with Gasteiger partial charge in [-0.1, -0.05) is 29.4 Å². The smallest absolute Gasteiger partial charge is 0.261 e. The monoisotopic (exact) mass is 330 g/mol. The van der Waals surface area contributed by atoms with E-state index in [0.717, 1.165) is 16.7 Å². The van der Waals surface area contributed by atoms with E-state index in [2.05, 4.69) is 10.1 Å². The van der Waals surface area contributed by atoms with Crippen LogP contribution < -0.4 is 0 Å². The summed E-state index contributed by atoms with van der Waals surface area (Å²) in [4.78, 5) is 4.32. The molecule has 23 heavy (non-hydrogen) atoms. The van der Waals surface area contributed by atoms with Gasteiger partial charge in [-0.3, -0.25) is 0 Å². The molecule has 0 amide bonds. The van der Waals surface area contributed by atoms with Crippen LogP contribution in [0.2, 0.25) is 0 Å². The van der Waals surface area contributed by atoms with Gasteiger partial charge < -0.3 is 8.94 Å². The number of hydrogen-bond donors (Lipinski definition) is 0. The molecule has 1 fully saturated rings. The van der Waals surface area contributed by atoms with Crippen LogP contribution in [0.3, 0.4) is 0 Å². The molecule has 118 valence electrons. The molecule has 1 aliphatic rings. The van der Waals surface area contributed by atoms with Gasteiger partial charge in [-0.25, -0.2) is 8.42 Å². The SMILES string of the molecule is CS(=O)(=O)C1(c2ccc(-c3noc(-c4ccoc4)n3)cc2)CC1. The van der Waals surface area contributed by atoms with E-state index in [4.69, 9.17) is 8.94 Å². The molecule has 0 N–H and O–H groups in total. The maximum absolute atomic E-state index is 12.0. The van der Waals surface area contributed by atoms with Crippen LogP contribution in [0, 0.1) is 0 Å². The minimum absolute atomic E-state index is 0.382. The van der Waals surface area contributed by atoms with E-state index in [0.29, 0.717) is 24.6 Å². The molecule has 1 saturated carbocycles. The van der Waals surface area contributed by atoms with Crippen molar-refractivity contribution in [2.45, 2.75) is 17.6 Å². The second-order valence-electron chi connectivity index (χ2n) is 5.78. The summed E-state index contributed by atoms with van der Waals surface area (Å²) in [5.41, 5.74) is 2.31. The number of aromatic nitrogens is 2. The molecule has 0 atom stereocenters. The summed E-state index contributed by atoms with van der Waals surface area (Å²) in [5.74, 6) is 0.838. The molecule has 0 unspecified atom stereocenters. The summed E-state index contributed by atoms with van der Waals surface area (Å²) in [6.07, 6.45) is 5.72. The van der Waals surface area contributed by atoms with Crippen molar-refractivity contribution < 1.29 is 17.4 Å². The normalized spacial score (nSPS) is 16.4. The van der Waals surface area contributed by atoms with Crippen molar-refractivity contribution in [1.29, 1.82) is 0 Å². The molecule has 2 aromatic heterocycles. The van der Waals surface area contributed by atoms with E-state index >= 15 is 0 Å². The van der Waals surface area contributed by atoms with Crippen molar-refractivity contribution >= 4 is 9.84 Å². The van der Waals surface area contributed by atoms with Crippen LogP contribution in [0.25, 0.3) is 22.8 Å². The van der Waals surface area contributed by atoms with Crippen LogP contribution in [0.4, 0.5) is 0 Å². The van der Waals surface area contributed by atoms with Crippen molar-refractivity contribution in [2.24, 2.45) is 0 Å². The van der Waals surface area contributed by atoms with Gasteiger partial charge in [-0.15, -0.1) is 0 Å². The minimum atomic E-state index is -3.11. The maximum atomic E-state index is 12.0. The topological polar surface area (TPSA) is 86.2 Å². The molecule has 3 aromatic rings. The second-order valence-corrected chi connectivity index (χ2v) is 8.10. The molecule has 0 spiro atoms. The average Bonchev–Trinajstić information content (AvgIpc) is 2.98. The quantitative estimate of drug-likeness (QED) is 0.731. The summed E-state index contributed by atoms with van der Waals surface area (Å²) in [6.45, 7) is 0. The number of furan rings is 1. The fourth-order valence-electron chi connectivity index (χ4n) is 2.75. The molecule has 1 aliphatic carbocycles. The Labute approximate surface area is 133 Å². The third kappa shape index (κ3) is 2.28. The Hall–Kier alpha value is -2.41. The third-order valence-electron chi connectivity index (χ3n) is 4.28. The standard InChI is InChI=1S/C16H14N2O4S/c1-23(19,20)16(7-8-16)13-4-2-11(3-5-13)14-17-15(22-18-14)12-6-9-21-10-12/h2-6,9-10H,7-8H2,1H3. The molecule has 0 radical (unpaired) electrons. The molecule has 1 aromatic carbocycles. The lowest BCUT2D eigenvalue weighted by Crippen LogP contribution is -2.19. The van der Waals surface area contributed by atoms with E-state index in [1.54, 1.807) is 6.07 Å². The molecule has 6 nitrogen and oxygen atoms in total. The van der Waals surface area contributed by atoms with Crippen molar-refractivity contribution in [1.82, 2.24) is 10.1 Å². The predicted octanol–water partition coefficient (Wildman–Crippen LogP) is 3.03. The first kappa shape index (κ1) is 14.2. The van der Waals surface area contributed by atoms with Crippen LogP contribution in [0.15, 0.2) is 51.8 Å². The Kier molecular flexibility index (Phi) is 2.96. The Balaban J connectivity index is 1.65. The van der Waals surface area contributed by atoms with E-state index in [9.17, 15) is 8.42 Å². The lowest BCUT2D eigenvalue weighted by molar-refractivity contribution is 0.431. The zero-order valence-electron chi connectivity index (χ0n) is 12.4. The van der Waals surface area contributed by atoms with Crippen LogP contribution in [0.5, 0.6) is 0 Å². The highest BCUT2D eigenvalue weighted by molar-refractivity contribution is 7.92. The second kappa shape index (κ2) is 4.79. The number of sulfone groups is 1. The van der Waals surface area contributed by atoms with Crippen LogP contribution in [-0.4, -0.2) is 24.8 Å². The minimum Gasteiger partial charge on any atom is -0.472 e. The predicted molar refractivity (Wildman–Crippen MR) is 83.2 cm³/mol. The van der Waals surface area contributed by atoms with Gasteiger partial charge in [0.2, 0.25) is 5.82 Å². The summed E-state index contributed by atoms with van der Waals surface area (Å²) in [7, 11) is -3.11. The van der Waals surface area contributed by atoms with Crippen molar-refractivity contribution in [3.05, 3.63) is 48.4 Å². The van der Waals surface area contributed by atoms with Gasteiger partial charge in [0.25, 0.3) is 5.89 Å². The first-order valence-electron chi connectivity index (χ1n) is 7.16. The Morgan fingerprint density at radius 2 is 1.83 bits per heavy atom. The van der Waals surface area contributed by atoms with Crippen LogP contribution in [0.1, 0.15) is 18.4 Å². The van der Waals surface area contributed by atoms with Gasteiger partial charge in [-0.05, 0) is 24.5 Å². The maximum Gasteiger partial charge on any atom is 0.261 e. The summed E-state index contributed by atoms with van der Waals surface area (Å²) in [5, 5.41) is 3.95. The largest absolute Gasteiger partial charge is 0.472 e. The Bertz CT molecular complexity index is 936. The van der Waals surface area contributed by atoms with E-state index in [-0.39, 0.29) is 0 Å². The van der Waals surface area contributed by atoms with Crippen LogP contribution in [-0.2, 0) is 14.6 Å². The van der Waals surface area contributed by atoms with Crippen molar-refractivity contribution in [2.75, 3.05) is 6.26 Å². The lowest BCUT2D eigenvalue weighted by atomic mass is 10.1. The Morgan fingerprint density at radius 1 is 1.09 bits per heavy atom. The molecule has 7 heteroatoms. The number of benzene rings is 1. The highest BCUT2D eigenvalue weighted by atomic mass is 32.2. The fraction of sp³-hybridized carbons (Fsp3) is 0.250. The van der Waals surface area contributed by atoms with Gasteiger partial charge in [0, 0.05) is 11.8 Å². The molecule has 2 heterocycles. The van der Waals surface area contributed by atoms with E-state index < -0.39 is 14.6 Å². The van der Waals surface area contributed by atoms with E-state index in [1.807, 2.05) is 24.3 Å². The summed E-state index contributed by atoms with van der Waals surface area (Å²) >= 11 is 0. The van der Waals surface area contributed by atoms with Crippen LogP contribution >= 0.6 is 0 Å². The zero-order chi connectivity index (χ0) is 16.1. The summed E-state index contributed by atoms with van der Waals surface area (Å²) in [6, 6.07) is 9.05. The van der Waals surface area contributed by atoms with Gasteiger partial charge in [-0.2, -0.15) is 4.98 Å². The van der Waals surface area contributed by atoms with Gasteiger partial charge in [0.05, 0.1) is 16.6 Å². The zero-order valence-corrected chi connectivity index (χ0v) is 13.2. The van der Waals surface area contributed by atoms with Crippen molar-refractivity contribution in [3.8, 4) is 22.8 Å². The highest BCUT2D eigenvalue weighted by Crippen LogP contribution is 2.52. The van der Waals surface area contributed by atoms with Crippen molar-refractivity contribution in [3.63, 3.8) is 0 Å². The number of rotatable bonds is 4. The lowest BCUT2D eigenvalue weighted by Gasteiger charge is -2.13. The van der Waals surface area contributed by atoms with Gasteiger partial charge in [0.15, 0.2) is 9.84 Å². The molecular weight excluding hydrogens is 316 g/mol. The molecule has 4 rings (SSSR count). The fourth-order valence-corrected chi connectivity index (χ4v) is 4.16. The molecule has 0 saturated heterocycles. The first-order chi connectivity index (χ1) is 11.0. The molecule has 0 bridgehead atoms. The van der Waals surface area contributed by atoms with E-state index in [1.165, 1.54) is 18.8 Å². The third-order valence-corrected chi connectivity index (χ3v) is 6.34. The highest BCUT2D eigenvalue weighted by Gasteiger charge is 2.53. The number of hydrogen-bond acceptors (Lipinski definition) is 6. The molecule has 0 aliphatic heterocycles. The van der Waals surface area contributed by atoms with Gasteiger partial charge in [0.1, 0.15) is 6.26 Å². The molecular formula is C16H14N2O4S. The first-order valence-corrected chi connectivity index (χ1v) is 9.06. The Morgan fingerprint density at radius 3 is 2.39 bits per heavy atom.